The van der Waals surface area contributed by atoms with Crippen LogP contribution in [0.4, 0.5) is 8.78 Å². The number of halogens is 2. The zero-order chi connectivity index (χ0) is 13.8. The Labute approximate surface area is 107 Å². The van der Waals surface area contributed by atoms with E-state index in [2.05, 4.69) is 10.1 Å². The summed E-state index contributed by atoms with van der Waals surface area (Å²) in [6.45, 7) is 1.92. The molecule has 0 saturated carbocycles. The molecule has 0 amide bonds. The molecule has 0 aliphatic rings. The van der Waals surface area contributed by atoms with Gasteiger partial charge in [-0.2, -0.15) is 4.98 Å². The molecule has 0 fully saturated rings. The molecule has 2 aromatic rings. The van der Waals surface area contributed by atoms with Gasteiger partial charge in [-0.15, -0.1) is 0 Å². The minimum absolute atomic E-state index is 0.0118. The summed E-state index contributed by atoms with van der Waals surface area (Å²) in [6.07, 6.45) is -0.182. The van der Waals surface area contributed by atoms with Crippen molar-refractivity contribution in [3.05, 3.63) is 35.7 Å². The zero-order valence-corrected chi connectivity index (χ0v) is 10.0. The molecule has 1 heterocycles. The fraction of sp³-hybridized carbons (Fsp3) is 0.250. The second-order valence-electron chi connectivity index (χ2n) is 3.65. The number of carbonyl (C=O) groups excluding carboxylic acids is 1. The Hall–Kier alpha value is -2.31. The number of carbonyl (C=O) groups is 1. The van der Waals surface area contributed by atoms with Gasteiger partial charge in [0.1, 0.15) is 18.1 Å². The first-order valence-electron chi connectivity index (χ1n) is 5.53. The molecule has 2 rings (SSSR count). The lowest BCUT2D eigenvalue weighted by molar-refractivity contribution is -0.142. The molecule has 0 N–H and O–H groups in total. The lowest BCUT2D eigenvalue weighted by Crippen LogP contribution is -2.07. The maximum absolute atomic E-state index is 13.0. The van der Waals surface area contributed by atoms with Gasteiger partial charge in [-0.05, 0) is 19.1 Å². The van der Waals surface area contributed by atoms with Crippen LogP contribution in [0.25, 0.3) is 11.4 Å². The molecule has 19 heavy (non-hydrogen) atoms. The van der Waals surface area contributed by atoms with E-state index in [1.807, 2.05) is 0 Å². The third kappa shape index (κ3) is 3.34. The standard InChI is InChI=1S/C12H10F2N2O3/c1-2-18-11(17)6-10-15-12(16-19-10)7-3-8(13)5-9(14)4-7/h3-5H,2,6H2,1H3. The number of ether oxygens (including phenoxy) is 1. The van der Waals surface area contributed by atoms with Crippen LogP contribution < -0.4 is 0 Å². The van der Waals surface area contributed by atoms with Crippen molar-refractivity contribution in [1.82, 2.24) is 10.1 Å². The van der Waals surface area contributed by atoms with Crippen molar-refractivity contribution in [2.24, 2.45) is 0 Å². The van der Waals surface area contributed by atoms with E-state index in [9.17, 15) is 13.6 Å². The number of hydrogen-bond acceptors (Lipinski definition) is 5. The summed E-state index contributed by atoms with van der Waals surface area (Å²) in [5, 5.41) is 3.55. The van der Waals surface area contributed by atoms with Gasteiger partial charge in [0.05, 0.1) is 6.61 Å². The first-order valence-corrected chi connectivity index (χ1v) is 5.53. The third-order valence-electron chi connectivity index (χ3n) is 2.19. The maximum Gasteiger partial charge on any atom is 0.315 e. The smallest absolute Gasteiger partial charge is 0.315 e. The highest BCUT2D eigenvalue weighted by molar-refractivity contribution is 5.71. The topological polar surface area (TPSA) is 65.2 Å². The number of benzene rings is 1. The minimum Gasteiger partial charge on any atom is -0.466 e. The Balaban J connectivity index is 2.18. The summed E-state index contributed by atoms with van der Waals surface area (Å²) in [6, 6.07) is 2.88. The average molecular weight is 268 g/mol. The molecule has 0 atom stereocenters. The van der Waals surface area contributed by atoms with Gasteiger partial charge in [-0.3, -0.25) is 4.79 Å². The number of hydrogen-bond donors (Lipinski definition) is 0. The Bertz CT molecular complexity index is 578. The van der Waals surface area contributed by atoms with E-state index in [0.29, 0.717) is 0 Å². The molecule has 7 heteroatoms. The number of rotatable bonds is 4. The predicted molar refractivity (Wildman–Crippen MR) is 60.0 cm³/mol. The summed E-state index contributed by atoms with van der Waals surface area (Å²) in [7, 11) is 0. The van der Waals surface area contributed by atoms with E-state index in [4.69, 9.17) is 9.26 Å². The monoisotopic (exact) mass is 268 g/mol. The van der Waals surface area contributed by atoms with Crippen molar-refractivity contribution >= 4 is 5.97 Å². The third-order valence-corrected chi connectivity index (χ3v) is 2.19. The lowest BCUT2D eigenvalue weighted by Gasteiger charge is -1.96. The van der Waals surface area contributed by atoms with Crippen LogP contribution in [0.2, 0.25) is 0 Å². The summed E-state index contributed by atoms with van der Waals surface area (Å²) in [5.74, 6) is -1.96. The molecule has 0 aliphatic carbocycles. The SMILES string of the molecule is CCOC(=O)Cc1nc(-c2cc(F)cc(F)c2)no1. The van der Waals surface area contributed by atoms with Gasteiger partial charge in [0, 0.05) is 11.6 Å². The van der Waals surface area contributed by atoms with E-state index in [1.54, 1.807) is 6.92 Å². The van der Waals surface area contributed by atoms with Crippen molar-refractivity contribution in [2.45, 2.75) is 13.3 Å². The summed E-state index contributed by atoms with van der Waals surface area (Å²) < 4.78 is 35.6. The molecule has 0 aliphatic heterocycles. The summed E-state index contributed by atoms with van der Waals surface area (Å²) >= 11 is 0. The Morgan fingerprint density at radius 2 is 2.00 bits per heavy atom. The largest absolute Gasteiger partial charge is 0.466 e. The van der Waals surface area contributed by atoms with E-state index in [-0.39, 0.29) is 30.3 Å². The summed E-state index contributed by atoms with van der Waals surface area (Å²) in [4.78, 5) is 15.1. The van der Waals surface area contributed by atoms with Crippen LogP contribution >= 0.6 is 0 Å². The molecule has 1 aromatic heterocycles. The van der Waals surface area contributed by atoms with Gasteiger partial charge in [0.2, 0.25) is 11.7 Å². The normalized spacial score (nSPS) is 10.5. The van der Waals surface area contributed by atoms with Crippen LogP contribution in [0, 0.1) is 11.6 Å². The Morgan fingerprint density at radius 1 is 1.32 bits per heavy atom. The van der Waals surface area contributed by atoms with E-state index in [0.717, 1.165) is 18.2 Å². The molecule has 0 unspecified atom stereocenters. The van der Waals surface area contributed by atoms with E-state index < -0.39 is 17.6 Å². The molecular weight excluding hydrogens is 258 g/mol. The fourth-order valence-corrected chi connectivity index (χ4v) is 1.46. The van der Waals surface area contributed by atoms with Crippen molar-refractivity contribution in [3.8, 4) is 11.4 Å². The quantitative estimate of drug-likeness (QED) is 0.795. The molecule has 0 spiro atoms. The molecule has 0 radical (unpaired) electrons. The summed E-state index contributed by atoms with van der Waals surface area (Å²) in [5.41, 5.74) is 0.136. The van der Waals surface area contributed by atoms with Gasteiger partial charge in [0.25, 0.3) is 0 Å². The molecule has 0 saturated heterocycles. The second-order valence-corrected chi connectivity index (χ2v) is 3.65. The van der Waals surface area contributed by atoms with Gasteiger partial charge in [-0.1, -0.05) is 5.16 Å². The van der Waals surface area contributed by atoms with Crippen LogP contribution in [-0.4, -0.2) is 22.7 Å². The van der Waals surface area contributed by atoms with Gasteiger partial charge < -0.3 is 9.26 Å². The fourth-order valence-electron chi connectivity index (χ4n) is 1.46. The first kappa shape index (κ1) is 13.1. The molecule has 5 nitrogen and oxygen atoms in total. The van der Waals surface area contributed by atoms with Crippen molar-refractivity contribution in [1.29, 1.82) is 0 Å². The van der Waals surface area contributed by atoms with Crippen molar-refractivity contribution in [3.63, 3.8) is 0 Å². The highest BCUT2D eigenvalue weighted by Gasteiger charge is 2.14. The number of esters is 1. The van der Waals surface area contributed by atoms with Gasteiger partial charge in [-0.25, -0.2) is 8.78 Å². The maximum atomic E-state index is 13.0. The van der Waals surface area contributed by atoms with Crippen molar-refractivity contribution in [2.75, 3.05) is 6.61 Å². The highest BCUT2D eigenvalue weighted by Crippen LogP contribution is 2.18. The zero-order valence-electron chi connectivity index (χ0n) is 10.0. The van der Waals surface area contributed by atoms with Crippen LogP contribution in [0.15, 0.2) is 22.7 Å². The Kier molecular flexibility index (Phi) is 3.84. The van der Waals surface area contributed by atoms with E-state index >= 15 is 0 Å². The van der Waals surface area contributed by atoms with Crippen LogP contribution in [0.3, 0.4) is 0 Å². The molecule has 1 aromatic carbocycles. The van der Waals surface area contributed by atoms with E-state index in [1.165, 1.54) is 0 Å². The number of aromatic nitrogens is 2. The minimum atomic E-state index is -0.744. The average Bonchev–Trinajstić information content (AvgIpc) is 2.76. The van der Waals surface area contributed by atoms with Gasteiger partial charge in [0.15, 0.2) is 0 Å². The van der Waals surface area contributed by atoms with Crippen LogP contribution in [-0.2, 0) is 16.0 Å². The number of nitrogens with zero attached hydrogens (tertiary/aromatic N) is 2. The molecule has 0 bridgehead atoms. The lowest BCUT2D eigenvalue weighted by atomic mass is 10.2. The van der Waals surface area contributed by atoms with Gasteiger partial charge >= 0.3 is 5.97 Å². The first-order chi connectivity index (χ1) is 9.08. The Morgan fingerprint density at radius 3 is 2.63 bits per heavy atom. The second kappa shape index (κ2) is 5.55. The van der Waals surface area contributed by atoms with Crippen LogP contribution in [0.5, 0.6) is 0 Å². The van der Waals surface area contributed by atoms with Crippen molar-refractivity contribution < 1.29 is 22.8 Å². The predicted octanol–water partition coefficient (Wildman–Crippen LogP) is 2.12. The highest BCUT2D eigenvalue weighted by atomic mass is 19.1. The van der Waals surface area contributed by atoms with Crippen LogP contribution in [0.1, 0.15) is 12.8 Å². The molecule has 100 valence electrons. The molecular formula is C12H10F2N2O3.